The number of carboxylic acid groups (broad SMARTS) is 1. The van der Waals surface area contributed by atoms with Crippen LogP contribution in [0.2, 0.25) is 0 Å². The van der Waals surface area contributed by atoms with Gasteiger partial charge < -0.3 is 30.9 Å². The van der Waals surface area contributed by atoms with E-state index >= 15 is 0 Å². The number of carbonyl (C=O) groups is 4. The maximum atomic E-state index is 13.3. The van der Waals surface area contributed by atoms with Gasteiger partial charge in [-0.1, -0.05) is 36.4 Å². The number of aromatic carboxylic acids is 1. The minimum absolute atomic E-state index is 0.00811. The fraction of sp³-hybridized carbons (Fsp3) is 0.0625. The second kappa shape index (κ2) is 14.4. The molecule has 11 heteroatoms. The van der Waals surface area contributed by atoms with Crippen molar-refractivity contribution in [3.63, 3.8) is 0 Å². The lowest BCUT2D eigenvalue weighted by atomic mass is 10.1. The first-order valence-electron chi connectivity index (χ1n) is 12.8. The van der Waals surface area contributed by atoms with E-state index in [1.807, 2.05) is 0 Å². The van der Waals surface area contributed by atoms with Crippen LogP contribution in [0.1, 0.15) is 26.3 Å². The van der Waals surface area contributed by atoms with Crippen molar-refractivity contribution >= 4 is 52.9 Å². The summed E-state index contributed by atoms with van der Waals surface area (Å²) in [6.07, 6.45) is 1.53. The van der Waals surface area contributed by atoms with Crippen LogP contribution in [0.4, 0.5) is 11.4 Å². The van der Waals surface area contributed by atoms with Crippen molar-refractivity contribution in [2.24, 2.45) is 0 Å². The quantitative estimate of drug-likeness (QED) is 0.0894. The summed E-state index contributed by atoms with van der Waals surface area (Å²) in [6, 6.07) is 26.2. The van der Waals surface area contributed by atoms with E-state index in [0.29, 0.717) is 22.6 Å². The minimum atomic E-state index is -1.31. The zero-order valence-corrected chi connectivity index (χ0v) is 23.7. The van der Waals surface area contributed by atoms with Gasteiger partial charge in [0.2, 0.25) is 5.91 Å². The van der Waals surface area contributed by atoms with Crippen LogP contribution in [-0.2, 0) is 9.59 Å². The number of phenols is 1. The van der Waals surface area contributed by atoms with E-state index < -0.39 is 23.5 Å². The van der Waals surface area contributed by atoms with E-state index in [9.17, 15) is 24.3 Å². The second-order valence-corrected chi connectivity index (χ2v) is 10.0. The summed E-state index contributed by atoms with van der Waals surface area (Å²) in [5.74, 6) is -2.52. The zero-order valence-electron chi connectivity index (χ0n) is 22.9. The predicted octanol–water partition coefficient (Wildman–Crippen LogP) is 5.24. The molecule has 0 aliphatic rings. The van der Waals surface area contributed by atoms with Gasteiger partial charge in [0.15, 0.2) is 0 Å². The highest BCUT2D eigenvalue weighted by atomic mass is 32.2. The van der Waals surface area contributed by atoms with Gasteiger partial charge in [-0.3, -0.25) is 14.4 Å². The van der Waals surface area contributed by atoms with Crippen LogP contribution in [0, 0.1) is 0 Å². The molecule has 0 heterocycles. The summed E-state index contributed by atoms with van der Waals surface area (Å²) in [5, 5.41) is 26.8. The lowest BCUT2D eigenvalue weighted by molar-refractivity contribution is -0.114. The van der Waals surface area contributed by atoms with Gasteiger partial charge in [0.1, 0.15) is 22.8 Å². The van der Waals surface area contributed by atoms with Gasteiger partial charge in [-0.2, -0.15) is 0 Å². The number of nitrogens with one attached hydrogen (secondary N) is 3. The maximum absolute atomic E-state index is 13.3. The maximum Gasteiger partial charge on any atom is 0.339 e. The molecular weight excluding hydrogens is 570 g/mol. The van der Waals surface area contributed by atoms with E-state index in [1.54, 1.807) is 78.9 Å². The largest absolute Gasteiger partial charge is 0.507 e. The summed E-state index contributed by atoms with van der Waals surface area (Å²) >= 11 is 1.23. The number of benzene rings is 4. The zero-order chi connectivity index (χ0) is 30.8. The molecule has 218 valence electrons. The third-order valence-corrected chi connectivity index (χ3v) is 6.97. The van der Waals surface area contributed by atoms with Crippen LogP contribution in [0.5, 0.6) is 11.5 Å². The molecule has 0 unspecified atom stereocenters. The highest BCUT2D eigenvalue weighted by molar-refractivity contribution is 8.00. The van der Waals surface area contributed by atoms with Gasteiger partial charge in [0.05, 0.1) is 12.9 Å². The molecule has 0 bridgehead atoms. The Bertz CT molecular complexity index is 1670. The molecule has 0 aromatic heterocycles. The first-order chi connectivity index (χ1) is 20.7. The Morgan fingerprint density at radius 3 is 2.21 bits per heavy atom. The Morgan fingerprint density at radius 2 is 1.51 bits per heavy atom. The number of hydrogen-bond acceptors (Lipinski definition) is 7. The molecule has 0 aliphatic carbocycles. The number of carboxylic acids is 1. The Morgan fingerprint density at radius 1 is 0.837 bits per heavy atom. The highest BCUT2D eigenvalue weighted by Gasteiger charge is 2.16. The van der Waals surface area contributed by atoms with Crippen LogP contribution in [0.25, 0.3) is 6.08 Å². The molecule has 5 N–H and O–H groups in total. The Hall–Kier alpha value is -5.55. The first-order valence-corrected chi connectivity index (χ1v) is 13.8. The smallest absolute Gasteiger partial charge is 0.339 e. The number of methoxy groups -OCH3 is 1. The van der Waals surface area contributed by atoms with Crippen LogP contribution >= 0.6 is 11.8 Å². The molecule has 0 atom stereocenters. The number of aromatic hydroxyl groups is 1. The number of anilines is 2. The Labute approximate surface area is 251 Å². The van der Waals surface area contributed by atoms with Gasteiger partial charge in [-0.15, -0.1) is 11.8 Å². The van der Waals surface area contributed by atoms with Gasteiger partial charge in [0, 0.05) is 27.4 Å². The second-order valence-electron chi connectivity index (χ2n) is 8.97. The van der Waals surface area contributed by atoms with Gasteiger partial charge >= 0.3 is 5.97 Å². The molecule has 0 spiro atoms. The van der Waals surface area contributed by atoms with Gasteiger partial charge in [-0.25, -0.2) is 4.79 Å². The summed E-state index contributed by atoms with van der Waals surface area (Å²) in [7, 11) is 1.51. The van der Waals surface area contributed by atoms with Crippen molar-refractivity contribution in [1.29, 1.82) is 0 Å². The van der Waals surface area contributed by atoms with E-state index in [4.69, 9.17) is 9.84 Å². The molecule has 3 amide bonds. The van der Waals surface area contributed by atoms with Gasteiger partial charge in [-0.05, 0) is 66.7 Å². The number of rotatable bonds is 11. The van der Waals surface area contributed by atoms with Crippen molar-refractivity contribution in [2.45, 2.75) is 4.90 Å². The molecule has 4 rings (SSSR count). The Kier molecular flexibility index (Phi) is 10.2. The lowest BCUT2D eigenvalue weighted by Gasteiger charge is -2.13. The number of amides is 3. The van der Waals surface area contributed by atoms with Crippen molar-refractivity contribution in [3.8, 4) is 11.5 Å². The average molecular weight is 598 g/mol. The Balaban J connectivity index is 1.41. The molecule has 0 fully saturated rings. The molecule has 0 saturated carbocycles. The molecule has 0 saturated heterocycles. The fourth-order valence-electron chi connectivity index (χ4n) is 3.85. The lowest BCUT2D eigenvalue weighted by Crippen LogP contribution is -2.30. The molecule has 4 aromatic carbocycles. The third kappa shape index (κ3) is 8.47. The van der Waals surface area contributed by atoms with Crippen molar-refractivity contribution < 1.29 is 34.1 Å². The summed E-state index contributed by atoms with van der Waals surface area (Å²) in [6.45, 7) is 0. The molecule has 0 radical (unpaired) electrons. The molecular formula is C32H27N3O7S. The fourth-order valence-corrected chi connectivity index (χ4v) is 4.55. The van der Waals surface area contributed by atoms with Crippen LogP contribution < -0.4 is 20.7 Å². The molecule has 4 aromatic rings. The van der Waals surface area contributed by atoms with Crippen molar-refractivity contribution in [2.75, 3.05) is 23.5 Å². The normalized spacial score (nSPS) is 10.9. The van der Waals surface area contributed by atoms with E-state index in [2.05, 4.69) is 16.0 Å². The monoisotopic (exact) mass is 597 g/mol. The molecule has 10 nitrogen and oxygen atoms in total. The number of hydrogen-bond donors (Lipinski definition) is 5. The van der Waals surface area contributed by atoms with E-state index in [1.165, 1.54) is 43.1 Å². The van der Waals surface area contributed by atoms with Crippen molar-refractivity contribution in [1.82, 2.24) is 5.32 Å². The summed E-state index contributed by atoms with van der Waals surface area (Å²) in [5.41, 5.74) is 1.39. The van der Waals surface area contributed by atoms with E-state index in [0.717, 1.165) is 4.90 Å². The SMILES string of the molecule is COc1ccccc1/C=C(\NC(=O)c1ccccc1)C(=O)Nc1ccc(SCC(=O)Nc2ccc(O)c(C(=O)O)c2)cc1. The topological polar surface area (TPSA) is 154 Å². The predicted molar refractivity (Wildman–Crippen MR) is 164 cm³/mol. The number of carbonyl (C=O) groups excluding carboxylic acids is 3. The van der Waals surface area contributed by atoms with Crippen LogP contribution in [0.15, 0.2) is 108 Å². The minimum Gasteiger partial charge on any atom is -0.507 e. The van der Waals surface area contributed by atoms with Crippen LogP contribution in [-0.4, -0.2) is 46.8 Å². The number of ether oxygens (including phenoxy) is 1. The number of thioether (sulfide) groups is 1. The van der Waals surface area contributed by atoms with E-state index in [-0.39, 0.29) is 28.6 Å². The van der Waals surface area contributed by atoms with Crippen LogP contribution in [0.3, 0.4) is 0 Å². The highest BCUT2D eigenvalue weighted by Crippen LogP contribution is 2.24. The summed E-state index contributed by atoms with van der Waals surface area (Å²) < 4.78 is 5.39. The molecule has 43 heavy (non-hydrogen) atoms. The van der Waals surface area contributed by atoms with Gasteiger partial charge in [0.25, 0.3) is 11.8 Å². The average Bonchev–Trinajstić information content (AvgIpc) is 3.01. The standard InChI is InChI=1S/C32H27N3O7S/c1-42-28-10-6-5-9-21(28)17-26(35-30(38)20-7-3-2-4-8-20)31(39)34-22-11-14-24(15-12-22)43-19-29(37)33-23-13-16-27(36)25(18-23)32(40)41/h2-18,36H,19H2,1H3,(H,33,37)(H,34,39)(H,35,38)(H,40,41)/b26-17-. The summed E-state index contributed by atoms with van der Waals surface area (Å²) in [4.78, 5) is 50.5. The molecule has 0 aliphatic heterocycles. The van der Waals surface area contributed by atoms with Crippen molar-refractivity contribution in [3.05, 3.63) is 119 Å². The number of para-hydroxylation sites is 1. The third-order valence-electron chi connectivity index (χ3n) is 5.96. The first kappa shape index (κ1) is 30.4.